The molecular formula is C9H9O2Zn-. The van der Waals surface area contributed by atoms with E-state index in [0.717, 1.165) is 0 Å². The van der Waals surface area contributed by atoms with Crippen molar-refractivity contribution in [3.05, 3.63) is 35.9 Å². The molecule has 1 aromatic rings. The molecule has 3 heteroatoms. The summed E-state index contributed by atoms with van der Waals surface area (Å²) < 4.78 is 4.78. The summed E-state index contributed by atoms with van der Waals surface area (Å²) >= 11 is 0. The number of carbonyl (C=O) groups is 1. The summed E-state index contributed by atoms with van der Waals surface area (Å²) in [6.45, 7) is 2.20. The van der Waals surface area contributed by atoms with Crippen molar-refractivity contribution in [1.82, 2.24) is 0 Å². The average Bonchev–Trinajstić information content (AvgIpc) is 2.07. The fraction of sp³-hybridized carbons (Fsp3) is 0.222. The number of ether oxygens (including phenoxy) is 1. The van der Waals surface area contributed by atoms with E-state index in [4.69, 9.17) is 4.74 Å². The van der Waals surface area contributed by atoms with Gasteiger partial charge in [-0.1, -0.05) is 0 Å². The quantitative estimate of drug-likeness (QED) is 0.425. The summed E-state index contributed by atoms with van der Waals surface area (Å²) in [5.74, 6) is -0.276. The molecule has 60 valence electrons. The number of esters is 1. The molecule has 1 rings (SSSR count). The number of benzene rings is 1. The van der Waals surface area contributed by atoms with E-state index in [1.165, 1.54) is 0 Å². The molecule has 0 heterocycles. The second-order valence-electron chi connectivity index (χ2n) is 2.01. The van der Waals surface area contributed by atoms with Gasteiger partial charge in [-0.15, -0.1) is 0 Å². The molecule has 1 aromatic carbocycles. The Morgan fingerprint density at radius 1 is 1.50 bits per heavy atom. The third kappa shape index (κ3) is 3.14. The Hall–Kier alpha value is -0.687. The maximum absolute atomic E-state index is 11.0. The molecule has 12 heavy (non-hydrogen) atoms. The second kappa shape index (κ2) is 5.90. The van der Waals surface area contributed by atoms with Crippen molar-refractivity contribution in [1.29, 1.82) is 0 Å². The summed E-state index contributed by atoms with van der Waals surface area (Å²) in [5, 5.41) is 0. The molecule has 0 spiro atoms. The number of hydrogen-bond acceptors (Lipinski definition) is 2. The van der Waals surface area contributed by atoms with Crippen molar-refractivity contribution in [3.8, 4) is 0 Å². The molecule has 0 aliphatic rings. The first-order chi connectivity index (χ1) is 5.34. The SMILES string of the molecule is CCOC(=O)c1cc[c-]cc1.[Zn]. The van der Waals surface area contributed by atoms with Crippen LogP contribution in [0.4, 0.5) is 0 Å². The Balaban J connectivity index is 0.00000121. The monoisotopic (exact) mass is 213 g/mol. The van der Waals surface area contributed by atoms with Crippen molar-refractivity contribution >= 4 is 5.97 Å². The molecule has 0 saturated heterocycles. The molecule has 0 aliphatic carbocycles. The van der Waals surface area contributed by atoms with Crippen LogP contribution in [-0.2, 0) is 24.2 Å². The topological polar surface area (TPSA) is 26.3 Å². The summed E-state index contributed by atoms with van der Waals surface area (Å²) in [5.41, 5.74) is 0.575. The van der Waals surface area contributed by atoms with E-state index in [-0.39, 0.29) is 25.4 Å². The molecule has 0 aromatic heterocycles. The standard InChI is InChI=1S/C9H9O2.Zn/c1-2-11-9(10)8-6-4-3-5-7-8;/h4-7H,2H2,1H3;/q-1;. The van der Waals surface area contributed by atoms with Gasteiger partial charge in [0.2, 0.25) is 0 Å². The fourth-order valence-corrected chi connectivity index (χ4v) is 0.737. The molecule has 2 nitrogen and oxygen atoms in total. The normalized spacial score (nSPS) is 8.42. The fourth-order valence-electron chi connectivity index (χ4n) is 0.737. The zero-order chi connectivity index (χ0) is 8.10. The maximum Gasteiger partial charge on any atom is 0.313 e. The molecule has 0 amide bonds. The molecule has 0 radical (unpaired) electrons. The molecule has 0 saturated carbocycles. The molecule has 0 atom stereocenters. The third-order valence-corrected chi connectivity index (χ3v) is 1.23. The van der Waals surface area contributed by atoms with E-state index in [0.29, 0.717) is 12.2 Å². The van der Waals surface area contributed by atoms with Crippen LogP contribution in [0.2, 0.25) is 0 Å². The van der Waals surface area contributed by atoms with Crippen molar-refractivity contribution in [2.45, 2.75) is 6.92 Å². The molecule has 0 bridgehead atoms. The minimum atomic E-state index is -0.276. The number of carbonyl (C=O) groups excluding carboxylic acids is 1. The van der Waals surface area contributed by atoms with Crippen LogP contribution in [-0.4, -0.2) is 12.6 Å². The minimum Gasteiger partial charge on any atom is -0.464 e. The van der Waals surface area contributed by atoms with Crippen LogP contribution in [0.25, 0.3) is 0 Å². The number of hydrogen-bond donors (Lipinski definition) is 0. The van der Waals surface area contributed by atoms with E-state index in [1.807, 2.05) is 0 Å². The summed E-state index contributed by atoms with van der Waals surface area (Å²) in [6.07, 6.45) is 0. The second-order valence-corrected chi connectivity index (χ2v) is 2.01. The zero-order valence-electron chi connectivity index (χ0n) is 7.04. The van der Waals surface area contributed by atoms with Gasteiger partial charge in [0.15, 0.2) is 0 Å². The van der Waals surface area contributed by atoms with Crippen LogP contribution < -0.4 is 0 Å². The van der Waals surface area contributed by atoms with E-state index < -0.39 is 0 Å². The van der Waals surface area contributed by atoms with Gasteiger partial charge >= 0.3 is 5.97 Å². The smallest absolute Gasteiger partial charge is 0.313 e. The zero-order valence-corrected chi connectivity index (χ0v) is 10.0. The third-order valence-electron chi connectivity index (χ3n) is 1.23. The largest absolute Gasteiger partial charge is 0.464 e. The Labute approximate surface area is 84.7 Å². The number of rotatable bonds is 2. The van der Waals surface area contributed by atoms with Crippen molar-refractivity contribution in [2.24, 2.45) is 0 Å². The Kier molecular flexibility index (Phi) is 5.56. The van der Waals surface area contributed by atoms with Crippen LogP contribution >= 0.6 is 0 Å². The van der Waals surface area contributed by atoms with Crippen LogP contribution in [0.3, 0.4) is 0 Å². The van der Waals surface area contributed by atoms with Crippen molar-refractivity contribution in [2.75, 3.05) is 6.61 Å². The molecular weight excluding hydrogens is 205 g/mol. The van der Waals surface area contributed by atoms with Gasteiger partial charge in [-0.25, -0.2) is 4.79 Å². The summed E-state index contributed by atoms with van der Waals surface area (Å²) in [7, 11) is 0. The predicted octanol–water partition coefficient (Wildman–Crippen LogP) is 1.66. The Bertz CT molecular complexity index is 234. The van der Waals surface area contributed by atoms with E-state index >= 15 is 0 Å². The van der Waals surface area contributed by atoms with Gasteiger partial charge < -0.3 is 4.74 Å². The Morgan fingerprint density at radius 3 is 2.58 bits per heavy atom. The van der Waals surface area contributed by atoms with Crippen LogP contribution in [0.5, 0.6) is 0 Å². The van der Waals surface area contributed by atoms with Crippen LogP contribution in [0, 0.1) is 6.07 Å². The van der Waals surface area contributed by atoms with Gasteiger partial charge in [0.05, 0.1) is 6.61 Å². The minimum absolute atomic E-state index is 0. The van der Waals surface area contributed by atoms with Gasteiger partial charge in [0.1, 0.15) is 0 Å². The average molecular weight is 215 g/mol. The van der Waals surface area contributed by atoms with Crippen LogP contribution in [0.1, 0.15) is 17.3 Å². The van der Waals surface area contributed by atoms with E-state index in [1.54, 1.807) is 31.2 Å². The van der Waals surface area contributed by atoms with E-state index in [9.17, 15) is 4.79 Å². The first-order valence-electron chi connectivity index (χ1n) is 3.48. The van der Waals surface area contributed by atoms with Gasteiger partial charge in [-0.05, 0) is 12.5 Å². The van der Waals surface area contributed by atoms with Crippen LogP contribution in [0.15, 0.2) is 24.3 Å². The molecule has 0 unspecified atom stereocenters. The molecule has 0 aliphatic heterocycles. The van der Waals surface area contributed by atoms with Gasteiger partial charge in [-0.3, -0.25) is 0 Å². The van der Waals surface area contributed by atoms with Crippen molar-refractivity contribution in [3.63, 3.8) is 0 Å². The van der Waals surface area contributed by atoms with Gasteiger partial charge in [0, 0.05) is 19.5 Å². The molecule has 0 N–H and O–H groups in total. The van der Waals surface area contributed by atoms with Gasteiger partial charge in [-0.2, -0.15) is 30.3 Å². The van der Waals surface area contributed by atoms with Gasteiger partial charge in [0.25, 0.3) is 0 Å². The van der Waals surface area contributed by atoms with Crippen molar-refractivity contribution < 1.29 is 29.0 Å². The predicted molar refractivity (Wildman–Crippen MR) is 41.2 cm³/mol. The first kappa shape index (κ1) is 11.3. The molecule has 0 fully saturated rings. The first-order valence-corrected chi connectivity index (χ1v) is 3.48. The van der Waals surface area contributed by atoms with E-state index in [2.05, 4.69) is 6.07 Å². The Morgan fingerprint density at radius 2 is 2.08 bits per heavy atom. The maximum atomic E-state index is 11.0. The summed E-state index contributed by atoms with van der Waals surface area (Å²) in [6, 6.07) is 9.55. The summed E-state index contributed by atoms with van der Waals surface area (Å²) in [4.78, 5) is 11.0.